The zero-order valence-corrected chi connectivity index (χ0v) is 26.3. The van der Waals surface area contributed by atoms with Crippen LogP contribution in [0.2, 0.25) is 13.1 Å². The Hall–Kier alpha value is -2.14. The van der Waals surface area contributed by atoms with Gasteiger partial charge in [-0.3, -0.25) is 19.3 Å². The summed E-state index contributed by atoms with van der Waals surface area (Å²) in [6.45, 7) is 20.7. The maximum absolute atomic E-state index is 13.8. The molecule has 3 atom stereocenters. The van der Waals surface area contributed by atoms with Gasteiger partial charge in [-0.25, -0.2) is 4.79 Å². The second-order valence-electron chi connectivity index (χ2n) is 12.0. The third-order valence-corrected chi connectivity index (χ3v) is 7.31. The van der Waals surface area contributed by atoms with Gasteiger partial charge in [0.15, 0.2) is 15.0 Å². The summed E-state index contributed by atoms with van der Waals surface area (Å²) in [7, 11) is -1.96. The van der Waals surface area contributed by atoms with Crippen molar-refractivity contribution in [1.29, 1.82) is 0 Å². The summed E-state index contributed by atoms with van der Waals surface area (Å²) in [5.74, 6) is -5.02. The highest BCUT2D eigenvalue weighted by Gasteiger charge is 2.61. The first-order chi connectivity index (χ1) is 17.4. The van der Waals surface area contributed by atoms with Crippen LogP contribution in [0.15, 0.2) is 0 Å². The van der Waals surface area contributed by atoms with Crippen LogP contribution in [0.25, 0.3) is 0 Å². The normalized spacial score (nSPS) is 20.9. The van der Waals surface area contributed by atoms with Crippen molar-refractivity contribution in [3.63, 3.8) is 0 Å². The maximum atomic E-state index is 13.8. The van der Waals surface area contributed by atoms with E-state index in [1.165, 1.54) is 4.90 Å². The summed E-state index contributed by atoms with van der Waals surface area (Å²) in [6.07, 6.45) is -0.701. The number of carbonyl (C=O) groups excluding carboxylic acids is 4. The van der Waals surface area contributed by atoms with Crippen LogP contribution in [0.4, 0.5) is 4.79 Å². The molecule has 0 radical (unpaired) electrons. The second-order valence-corrected chi connectivity index (χ2v) is 14.3. The van der Waals surface area contributed by atoms with Crippen LogP contribution >= 0.6 is 0 Å². The van der Waals surface area contributed by atoms with Crippen molar-refractivity contribution in [2.45, 2.75) is 99.6 Å². The molecule has 1 fully saturated rings. The molecule has 1 unspecified atom stereocenters. The summed E-state index contributed by atoms with van der Waals surface area (Å²) < 4.78 is 28.3. The lowest BCUT2D eigenvalue weighted by molar-refractivity contribution is -0.181. The zero-order valence-electron chi connectivity index (χ0n) is 25.2. The number of hydrogen-bond acceptors (Lipinski definition) is 9. The predicted octanol–water partition coefficient (Wildman–Crippen LogP) is 4.30. The fraction of sp³-hybridized carbons (Fsp3) is 0.852. The molecular weight excluding hydrogens is 510 g/mol. The molecule has 38 heavy (non-hydrogen) atoms. The van der Waals surface area contributed by atoms with Crippen LogP contribution < -0.4 is 0 Å². The zero-order chi connectivity index (χ0) is 29.5. The van der Waals surface area contributed by atoms with Crippen LogP contribution in [-0.2, 0) is 37.8 Å². The number of amides is 1. The average molecular weight is 560 g/mol. The van der Waals surface area contributed by atoms with E-state index in [1.807, 2.05) is 13.1 Å². The Morgan fingerprint density at radius 2 is 1.39 bits per heavy atom. The molecule has 0 spiro atoms. The smallest absolute Gasteiger partial charge is 0.412 e. The van der Waals surface area contributed by atoms with Crippen LogP contribution in [-0.4, -0.2) is 75.6 Å². The van der Waals surface area contributed by atoms with E-state index in [9.17, 15) is 19.2 Å². The Morgan fingerprint density at radius 3 is 1.79 bits per heavy atom. The Labute approximate surface area is 229 Å². The number of hydrogen-bond donors (Lipinski definition) is 0. The van der Waals surface area contributed by atoms with Gasteiger partial charge in [0.1, 0.15) is 11.3 Å². The van der Waals surface area contributed by atoms with Gasteiger partial charge in [0.25, 0.3) is 0 Å². The number of likely N-dealkylation sites (tertiary alicyclic amines) is 1. The van der Waals surface area contributed by atoms with E-state index in [0.717, 1.165) is 0 Å². The van der Waals surface area contributed by atoms with Crippen molar-refractivity contribution in [3.05, 3.63) is 0 Å². The molecule has 220 valence electrons. The monoisotopic (exact) mass is 559 g/mol. The highest BCUT2D eigenvalue weighted by molar-refractivity contribution is 6.48. The van der Waals surface area contributed by atoms with Gasteiger partial charge in [-0.2, -0.15) is 0 Å². The van der Waals surface area contributed by atoms with E-state index in [-0.39, 0.29) is 44.1 Å². The number of esters is 3. The Balaban J connectivity index is 3.97. The van der Waals surface area contributed by atoms with Gasteiger partial charge in [-0.1, -0.05) is 20.8 Å². The molecule has 0 aromatic carbocycles. The van der Waals surface area contributed by atoms with Crippen molar-refractivity contribution in [2.24, 2.45) is 23.2 Å². The average Bonchev–Trinajstić information content (AvgIpc) is 3.13. The van der Waals surface area contributed by atoms with Crippen molar-refractivity contribution >= 4 is 33.0 Å². The minimum atomic E-state index is -1.96. The summed E-state index contributed by atoms with van der Waals surface area (Å²) in [5.41, 5.74) is -2.57. The third-order valence-electron chi connectivity index (χ3n) is 6.43. The first kappa shape index (κ1) is 33.9. The second kappa shape index (κ2) is 13.8. The molecule has 1 amide bonds. The highest BCUT2D eigenvalue weighted by atomic mass is 28.3. The number of nitrogens with zero attached hydrogens (tertiary/aromatic N) is 1. The van der Waals surface area contributed by atoms with Crippen LogP contribution in [0.5, 0.6) is 0 Å². The van der Waals surface area contributed by atoms with Crippen molar-refractivity contribution < 1.29 is 42.6 Å². The number of ether oxygens (including phenoxy) is 4. The summed E-state index contributed by atoms with van der Waals surface area (Å²) in [6, 6.07) is 0. The van der Waals surface area contributed by atoms with Gasteiger partial charge in [-0.05, 0) is 72.4 Å². The molecular formula is C27H49NO9Si. The minimum Gasteiger partial charge on any atom is -0.466 e. The highest BCUT2D eigenvalue weighted by Crippen LogP contribution is 2.50. The number of carbonyl (C=O) groups is 4. The van der Waals surface area contributed by atoms with E-state index in [1.54, 1.807) is 41.5 Å². The summed E-state index contributed by atoms with van der Waals surface area (Å²) >= 11 is 0. The molecule has 1 rings (SSSR count). The number of rotatable bonds is 11. The summed E-state index contributed by atoms with van der Waals surface area (Å²) in [4.78, 5) is 54.9. The molecule has 0 bridgehead atoms. The third kappa shape index (κ3) is 8.96. The maximum Gasteiger partial charge on any atom is 0.412 e. The van der Waals surface area contributed by atoms with Crippen molar-refractivity contribution in [3.8, 4) is 0 Å². The van der Waals surface area contributed by atoms with Crippen LogP contribution in [0.1, 0.15) is 75.2 Å². The fourth-order valence-corrected chi connectivity index (χ4v) is 6.03. The Kier molecular flexibility index (Phi) is 12.3. The topological polar surface area (TPSA) is 118 Å². The first-order valence-electron chi connectivity index (χ1n) is 13.6. The molecule has 11 heteroatoms. The van der Waals surface area contributed by atoms with E-state index >= 15 is 0 Å². The van der Waals surface area contributed by atoms with Crippen LogP contribution in [0, 0.1) is 23.2 Å². The molecule has 1 saturated heterocycles. The molecule has 1 aliphatic rings. The minimum absolute atomic E-state index is 0.0219. The van der Waals surface area contributed by atoms with E-state index in [0.29, 0.717) is 6.42 Å². The quantitative estimate of drug-likeness (QED) is 0.158. The van der Waals surface area contributed by atoms with Crippen molar-refractivity contribution in [1.82, 2.24) is 4.90 Å². The van der Waals surface area contributed by atoms with E-state index < -0.39 is 56.2 Å². The molecule has 0 aromatic rings. The molecule has 0 saturated carbocycles. The largest absolute Gasteiger partial charge is 0.466 e. The van der Waals surface area contributed by atoms with Gasteiger partial charge >= 0.3 is 24.0 Å². The lowest BCUT2D eigenvalue weighted by atomic mass is 9.73. The molecule has 0 aromatic heterocycles. The van der Waals surface area contributed by atoms with Gasteiger partial charge in [0.2, 0.25) is 0 Å². The van der Waals surface area contributed by atoms with Gasteiger partial charge < -0.3 is 23.4 Å². The predicted molar refractivity (Wildman–Crippen MR) is 145 cm³/mol. The fourth-order valence-electron chi connectivity index (χ4n) is 4.81. The van der Waals surface area contributed by atoms with Gasteiger partial charge in [-0.15, -0.1) is 0 Å². The molecule has 0 aliphatic carbocycles. The molecule has 10 nitrogen and oxygen atoms in total. The lowest BCUT2D eigenvalue weighted by Crippen LogP contribution is -2.61. The molecule has 1 aliphatic heterocycles. The Morgan fingerprint density at radius 1 is 0.895 bits per heavy atom. The van der Waals surface area contributed by atoms with Crippen molar-refractivity contribution in [2.75, 3.05) is 26.4 Å². The first-order valence-corrected chi connectivity index (χ1v) is 16.4. The van der Waals surface area contributed by atoms with Crippen LogP contribution in [0.3, 0.4) is 0 Å². The summed E-state index contributed by atoms with van der Waals surface area (Å²) in [5, 5.41) is 0. The standard InChI is InChI=1S/C27H49NO9Si/c1-12-33-20(29)15-19(21(22(30)34-13-2)23(31)35-14-3)27(37-38(10)11)16-18(25(4,5)6)17-28(27)24(32)36-26(7,8)9/h18-19,21,38H,12-17H2,1-11H3/t18-,19?,27-/m0/s1. The van der Waals surface area contributed by atoms with Gasteiger partial charge in [0.05, 0.1) is 26.2 Å². The lowest BCUT2D eigenvalue weighted by Gasteiger charge is -2.46. The SMILES string of the molecule is CCOC(=O)CC(C(C(=O)OCC)C(=O)OCC)[C@@]1(O[SiH](C)C)C[C@H](C(C)(C)C)CN1C(=O)OC(C)(C)C. The van der Waals surface area contributed by atoms with E-state index in [4.69, 9.17) is 23.4 Å². The molecule has 0 N–H and O–H groups in total. The van der Waals surface area contributed by atoms with E-state index in [2.05, 4.69) is 20.8 Å². The van der Waals surface area contributed by atoms with Gasteiger partial charge in [0, 0.05) is 12.5 Å². The molecule has 1 heterocycles. The Bertz CT molecular complexity index is 815.